The van der Waals surface area contributed by atoms with Gasteiger partial charge in [0.15, 0.2) is 0 Å². The minimum atomic E-state index is -0.158. The summed E-state index contributed by atoms with van der Waals surface area (Å²) >= 11 is 0. The lowest BCUT2D eigenvalue weighted by Crippen LogP contribution is -2.24. The maximum Gasteiger partial charge on any atom is 0.244 e. The molecule has 0 fully saturated rings. The molecule has 0 aliphatic carbocycles. The fourth-order valence-corrected chi connectivity index (χ4v) is 1.64. The lowest BCUT2D eigenvalue weighted by Gasteiger charge is -2.08. The first-order valence-electron chi connectivity index (χ1n) is 7.14. The second kappa shape index (κ2) is 9.83. The highest BCUT2D eigenvalue weighted by Gasteiger charge is 2.01. The molecule has 1 aromatic rings. The van der Waals surface area contributed by atoms with Crippen LogP contribution >= 0.6 is 0 Å². The number of amides is 1. The van der Waals surface area contributed by atoms with Crippen LogP contribution in [0.15, 0.2) is 24.3 Å². The minimum Gasteiger partial charge on any atom is -0.491 e. The number of hydrogen-bond donors (Lipinski definition) is 2. The molecule has 1 rings (SSSR count). The lowest BCUT2D eigenvalue weighted by atomic mass is 10.1. The Morgan fingerprint density at radius 3 is 2.86 bits per heavy atom. The van der Waals surface area contributed by atoms with Gasteiger partial charge in [0, 0.05) is 19.7 Å². The molecule has 0 atom stereocenters. The Bertz CT molecular complexity index is 473. The Hall–Kier alpha value is -2.01. The standard InChI is InChI=1S/C16H24N2O3/c1-3-4-10-21-15-7-5-13(12-14(15)17)6-8-16(19)18-9-11-20-2/h5-8,12H,3-4,9-11,17H2,1-2H3,(H,18,19)/b8-6-. The largest absolute Gasteiger partial charge is 0.491 e. The van der Waals surface area contributed by atoms with E-state index < -0.39 is 0 Å². The van der Waals surface area contributed by atoms with Crippen LogP contribution in [0.3, 0.4) is 0 Å². The van der Waals surface area contributed by atoms with Crippen molar-refractivity contribution in [2.24, 2.45) is 0 Å². The highest BCUT2D eigenvalue weighted by Crippen LogP contribution is 2.23. The van der Waals surface area contributed by atoms with Gasteiger partial charge in [-0.25, -0.2) is 0 Å². The number of rotatable bonds is 9. The quantitative estimate of drug-likeness (QED) is 0.416. The zero-order valence-electron chi connectivity index (χ0n) is 12.7. The highest BCUT2D eigenvalue weighted by atomic mass is 16.5. The summed E-state index contributed by atoms with van der Waals surface area (Å²) in [5, 5.41) is 2.71. The van der Waals surface area contributed by atoms with E-state index >= 15 is 0 Å². The molecule has 0 radical (unpaired) electrons. The van der Waals surface area contributed by atoms with Crippen LogP contribution in [0.5, 0.6) is 5.75 Å². The number of benzene rings is 1. The van der Waals surface area contributed by atoms with Gasteiger partial charge in [0.25, 0.3) is 0 Å². The topological polar surface area (TPSA) is 73.6 Å². The van der Waals surface area contributed by atoms with E-state index in [9.17, 15) is 4.79 Å². The van der Waals surface area contributed by atoms with E-state index in [1.165, 1.54) is 6.08 Å². The van der Waals surface area contributed by atoms with Crippen LogP contribution in [-0.4, -0.2) is 32.8 Å². The normalized spacial score (nSPS) is 10.8. The Balaban J connectivity index is 2.52. The number of hydrogen-bond acceptors (Lipinski definition) is 4. The summed E-state index contributed by atoms with van der Waals surface area (Å²) < 4.78 is 10.4. The third-order valence-electron chi connectivity index (χ3n) is 2.82. The predicted molar refractivity (Wildman–Crippen MR) is 85.2 cm³/mol. The van der Waals surface area contributed by atoms with E-state index in [0.717, 1.165) is 18.4 Å². The molecule has 0 unspecified atom stereocenters. The van der Waals surface area contributed by atoms with Crippen molar-refractivity contribution < 1.29 is 14.3 Å². The Morgan fingerprint density at radius 2 is 2.19 bits per heavy atom. The third kappa shape index (κ3) is 6.81. The molecule has 0 spiro atoms. The molecule has 0 aliphatic rings. The van der Waals surface area contributed by atoms with Crippen molar-refractivity contribution >= 4 is 17.7 Å². The molecule has 0 aromatic heterocycles. The van der Waals surface area contributed by atoms with Crippen molar-refractivity contribution in [3.8, 4) is 5.75 Å². The van der Waals surface area contributed by atoms with Crippen molar-refractivity contribution in [1.29, 1.82) is 0 Å². The van der Waals surface area contributed by atoms with E-state index in [4.69, 9.17) is 15.2 Å². The molecule has 3 N–H and O–H groups in total. The summed E-state index contributed by atoms with van der Waals surface area (Å²) in [6.45, 7) is 3.76. The van der Waals surface area contributed by atoms with Crippen LogP contribution in [0.1, 0.15) is 25.3 Å². The minimum absolute atomic E-state index is 0.158. The maximum atomic E-state index is 11.5. The van der Waals surface area contributed by atoms with Gasteiger partial charge in [-0.3, -0.25) is 4.79 Å². The number of nitrogen functional groups attached to an aromatic ring is 1. The van der Waals surface area contributed by atoms with E-state index in [0.29, 0.717) is 31.2 Å². The van der Waals surface area contributed by atoms with Crippen LogP contribution < -0.4 is 15.8 Å². The average molecular weight is 292 g/mol. The molecule has 0 saturated carbocycles. The molecule has 0 saturated heterocycles. The second-order valence-electron chi connectivity index (χ2n) is 4.62. The SMILES string of the molecule is CCCCOc1ccc(/C=C\C(=O)NCCOC)cc1N. The summed E-state index contributed by atoms with van der Waals surface area (Å²) in [6, 6.07) is 5.49. The smallest absolute Gasteiger partial charge is 0.244 e. The van der Waals surface area contributed by atoms with E-state index in [1.807, 2.05) is 12.1 Å². The summed E-state index contributed by atoms with van der Waals surface area (Å²) in [5.41, 5.74) is 7.37. The maximum absolute atomic E-state index is 11.5. The van der Waals surface area contributed by atoms with E-state index in [1.54, 1.807) is 19.3 Å². The van der Waals surface area contributed by atoms with Crippen LogP contribution in [0.4, 0.5) is 5.69 Å². The predicted octanol–water partition coefficient (Wildman–Crippen LogP) is 2.22. The molecular formula is C16H24N2O3. The number of nitrogens with two attached hydrogens (primary N) is 1. The molecule has 1 amide bonds. The van der Waals surface area contributed by atoms with Crippen molar-refractivity contribution in [1.82, 2.24) is 5.32 Å². The monoisotopic (exact) mass is 292 g/mol. The van der Waals surface area contributed by atoms with Crippen LogP contribution in [-0.2, 0) is 9.53 Å². The molecule has 0 heterocycles. The van der Waals surface area contributed by atoms with E-state index in [-0.39, 0.29) is 5.91 Å². The zero-order valence-corrected chi connectivity index (χ0v) is 12.7. The second-order valence-corrected chi connectivity index (χ2v) is 4.62. The molecular weight excluding hydrogens is 268 g/mol. The number of ether oxygens (including phenoxy) is 2. The summed E-state index contributed by atoms with van der Waals surface area (Å²) in [5.74, 6) is 0.527. The van der Waals surface area contributed by atoms with Crippen molar-refractivity contribution in [3.63, 3.8) is 0 Å². The summed E-state index contributed by atoms with van der Waals surface area (Å²) in [6.07, 6.45) is 5.28. The Kier molecular flexibility index (Phi) is 7.97. The van der Waals surface area contributed by atoms with Gasteiger partial charge in [-0.1, -0.05) is 19.4 Å². The first-order chi connectivity index (χ1) is 10.2. The summed E-state index contributed by atoms with van der Waals surface area (Å²) in [4.78, 5) is 11.5. The van der Waals surface area contributed by atoms with Gasteiger partial charge >= 0.3 is 0 Å². The van der Waals surface area contributed by atoms with Gasteiger partial charge in [-0.05, 0) is 30.2 Å². The first-order valence-corrected chi connectivity index (χ1v) is 7.14. The number of carbonyl (C=O) groups excluding carboxylic acids is 1. The lowest BCUT2D eigenvalue weighted by molar-refractivity contribution is -0.116. The molecule has 5 nitrogen and oxygen atoms in total. The van der Waals surface area contributed by atoms with Crippen molar-refractivity contribution in [3.05, 3.63) is 29.8 Å². The molecule has 0 bridgehead atoms. The highest BCUT2D eigenvalue weighted by molar-refractivity contribution is 5.91. The molecule has 0 aliphatic heterocycles. The van der Waals surface area contributed by atoms with Crippen LogP contribution in [0, 0.1) is 0 Å². The van der Waals surface area contributed by atoms with Crippen LogP contribution in [0.25, 0.3) is 6.08 Å². The number of nitrogens with one attached hydrogen (secondary N) is 1. The van der Waals surface area contributed by atoms with Gasteiger partial charge in [-0.15, -0.1) is 0 Å². The molecule has 5 heteroatoms. The molecule has 21 heavy (non-hydrogen) atoms. The number of unbranched alkanes of at least 4 members (excludes halogenated alkanes) is 1. The average Bonchev–Trinajstić information content (AvgIpc) is 2.47. The number of methoxy groups -OCH3 is 1. The van der Waals surface area contributed by atoms with Gasteiger partial charge < -0.3 is 20.5 Å². The van der Waals surface area contributed by atoms with Gasteiger partial charge in [0.05, 0.1) is 18.9 Å². The van der Waals surface area contributed by atoms with Gasteiger partial charge in [-0.2, -0.15) is 0 Å². The third-order valence-corrected chi connectivity index (χ3v) is 2.82. The van der Waals surface area contributed by atoms with Crippen molar-refractivity contribution in [2.75, 3.05) is 32.6 Å². The molecule has 1 aromatic carbocycles. The fourth-order valence-electron chi connectivity index (χ4n) is 1.64. The van der Waals surface area contributed by atoms with Crippen molar-refractivity contribution in [2.45, 2.75) is 19.8 Å². The number of carbonyl (C=O) groups is 1. The van der Waals surface area contributed by atoms with Gasteiger partial charge in [0.2, 0.25) is 5.91 Å². The van der Waals surface area contributed by atoms with E-state index in [2.05, 4.69) is 12.2 Å². The molecule has 116 valence electrons. The number of anilines is 1. The Labute approximate surface area is 126 Å². The van der Waals surface area contributed by atoms with Gasteiger partial charge in [0.1, 0.15) is 5.75 Å². The first kappa shape index (κ1) is 17.0. The van der Waals surface area contributed by atoms with Crippen LogP contribution in [0.2, 0.25) is 0 Å². The Morgan fingerprint density at radius 1 is 1.38 bits per heavy atom. The fraction of sp³-hybridized carbons (Fsp3) is 0.438. The zero-order chi connectivity index (χ0) is 15.5. The summed E-state index contributed by atoms with van der Waals surface area (Å²) in [7, 11) is 1.59.